The van der Waals surface area contributed by atoms with E-state index in [9.17, 15) is 4.39 Å². The molecule has 0 amide bonds. The molecular formula is C10H5ClFN3S. The number of hydrogen-bond donors (Lipinski definition) is 1. The van der Waals surface area contributed by atoms with Gasteiger partial charge >= 0.3 is 0 Å². The Morgan fingerprint density at radius 3 is 2.94 bits per heavy atom. The Morgan fingerprint density at radius 1 is 1.50 bits per heavy atom. The first-order valence-electron chi connectivity index (χ1n) is 4.27. The zero-order valence-corrected chi connectivity index (χ0v) is 9.44. The van der Waals surface area contributed by atoms with Gasteiger partial charge in [-0.05, 0) is 18.2 Å². The molecule has 1 aromatic heterocycles. The fourth-order valence-electron chi connectivity index (χ4n) is 1.12. The van der Waals surface area contributed by atoms with Crippen LogP contribution in [-0.4, -0.2) is 4.98 Å². The zero-order valence-electron chi connectivity index (χ0n) is 7.87. The molecule has 1 N–H and O–H groups in total. The monoisotopic (exact) mass is 253 g/mol. The van der Waals surface area contributed by atoms with Crippen LogP contribution in [0.4, 0.5) is 15.2 Å². The topological polar surface area (TPSA) is 48.7 Å². The summed E-state index contributed by atoms with van der Waals surface area (Å²) in [5, 5.41) is 14.3. The predicted molar refractivity (Wildman–Crippen MR) is 61.5 cm³/mol. The highest BCUT2D eigenvalue weighted by molar-refractivity contribution is 7.14. The second-order valence-corrected chi connectivity index (χ2v) is 4.15. The molecule has 0 radical (unpaired) electrons. The molecule has 1 aromatic carbocycles. The van der Waals surface area contributed by atoms with Crippen LogP contribution in [0, 0.1) is 17.1 Å². The van der Waals surface area contributed by atoms with Gasteiger partial charge in [0.25, 0.3) is 0 Å². The van der Waals surface area contributed by atoms with E-state index in [1.807, 2.05) is 0 Å². The number of thiazole rings is 1. The lowest BCUT2D eigenvalue weighted by molar-refractivity contribution is 0.624. The average molecular weight is 254 g/mol. The average Bonchev–Trinajstić information content (AvgIpc) is 2.67. The smallest absolute Gasteiger partial charge is 0.188 e. The van der Waals surface area contributed by atoms with Crippen molar-refractivity contribution in [1.82, 2.24) is 4.98 Å². The molecule has 0 saturated carbocycles. The first kappa shape index (κ1) is 10.9. The number of halogens is 2. The van der Waals surface area contributed by atoms with E-state index in [4.69, 9.17) is 16.9 Å². The van der Waals surface area contributed by atoms with E-state index in [2.05, 4.69) is 10.3 Å². The second-order valence-electron chi connectivity index (χ2n) is 2.91. The Bertz CT molecular complexity index is 561. The fraction of sp³-hybridized carbons (Fsp3) is 0. The number of rotatable bonds is 2. The third kappa shape index (κ3) is 2.30. The van der Waals surface area contributed by atoms with E-state index in [1.54, 1.807) is 11.4 Å². The van der Waals surface area contributed by atoms with Crippen molar-refractivity contribution in [3.05, 3.63) is 40.1 Å². The molecule has 1 heterocycles. The lowest BCUT2D eigenvalue weighted by Gasteiger charge is -2.02. The predicted octanol–water partition coefficient (Wildman–Crippen LogP) is 3.55. The number of nitrogens with zero attached hydrogens (tertiary/aromatic N) is 2. The van der Waals surface area contributed by atoms with Gasteiger partial charge in [-0.2, -0.15) is 5.26 Å². The van der Waals surface area contributed by atoms with Crippen molar-refractivity contribution < 1.29 is 4.39 Å². The van der Waals surface area contributed by atoms with Gasteiger partial charge in [-0.1, -0.05) is 11.6 Å². The summed E-state index contributed by atoms with van der Waals surface area (Å²) in [6.45, 7) is 0. The van der Waals surface area contributed by atoms with Crippen LogP contribution in [0.15, 0.2) is 23.6 Å². The van der Waals surface area contributed by atoms with E-state index in [1.165, 1.54) is 29.5 Å². The fourth-order valence-corrected chi connectivity index (χ4v) is 1.98. The van der Waals surface area contributed by atoms with E-state index in [0.29, 0.717) is 16.0 Å². The normalized spacial score (nSPS) is 9.81. The number of aromatic nitrogens is 1. The van der Waals surface area contributed by atoms with Gasteiger partial charge in [0.05, 0.1) is 5.56 Å². The maximum Gasteiger partial charge on any atom is 0.188 e. The number of nitrogens with one attached hydrogen (secondary N) is 1. The number of nitriles is 1. The lowest BCUT2D eigenvalue weighted by Crippen LogP contribution is -1.91. The molecule has 0 aliphatic carbocycles. The third-order valence-corrected chi connectivity index (χ3v) is 2.89. The van der Waals surface area contributed by atoms with Crippen molar-refractivity contribution >= 4 is 33.8 Å². The van der Waals surface area contributed by atoms with Gasteiger partial charge in [0.1, 0.15) is 17.0 Å². The van der Waals surface area contributed by atoms with Gasteiger partial charge in [-0.15, -0.1) is 11.3 Å². The SMILES string of the molecule is N#Cc1cc(Nc2nc(Cl)cs2)ccc1F. The van der Waals surface area contributed by atoms with Crippen LogP contribution in [0.3, 0.4) is 0 Å². The molecule has 0 aliphatic heterocycles. The van der Waals surface area contributed by atoms with Crippen molar-refractivity contribution in [2.24, 2.45) is 0 Å². The summed E-state index contributed by atoms with van der Waals surface area (Å²) >= 11 is 6.99. The molecule has 2 aromatic rings. The summed E-state index contributed by atoms with van der Waals surface area (Å²) in [6.07, 6.45) is 0. The van der Waals surface area contributed by atoms with E-state index in [-0.39, 0.29) is 5.56 Å². The Labute approximate surface area is 100 Å². The molecular weight excluding hydrogens is 249 g/mol. The maximum atomic E-state index is 13.0. The minimum Gasteiger partial charge on any atom is -0.331 e. The summed E-state index contributed by atoms with van der Waals surface area (Å²) in [4.78, 5) is 3.98. The number of benzene rings is 1. The third-order valence-electron chi connectivity index (χ3n) is 1.81. The van der Waals surface area contributed by atoms with Crippen LogP contribution < -0.4 is 5.32 Å². The van der Waals surface area contributed by atoms with Crippen molar-refractivity contribution in [2.75, 3.05) is 5.32 Å². The van der Waals surface area contributed by atoms with Gasteiger partial charge < -0.3 is 5.32 Å². The van der Waals surface area contributed by atoms with Crippen LogP contribution >= 0.6 is 22.9 Å². The summed E-state index contributed by atoms with van der Waals surface area (Å²) in [7, 11) is 0. The van der Waals surface area contributed by atoms with Crippen LogP contribution in [-0.2, 0) is 0 Å². The molecule has 0 saturated heterocycles. The standard InChI is InChI=1S/C10H5ClFN3S/c11-9-5-16-10(15-9)14-7-1-2-8(12)6(3-7)4-13/h1-3,5H,(H,14,15). The first-order valence-corrected chi connectivity index (χ1v) is 5.52. The molecule has 0 atom stereocenters. The lowest BCUT2D eigenvalue weighted by atomic mass is 10.2. The number of anilines is 2. The molecule has 0 fully saturated rings. The Hall–Kier alpha value is -1.64. The zero-order chi connectivity index (χ0) is 11.5. The minimum absolute atomic E-state index is 0.00680. The summed E-state index contributed by atoms with van der Waals surface area (Å²) in [5.74, 6) is -0.537. The molecule has 6 heteroatoms. The number of hydrogen-bond acceptors (Lipinski definition) is 4. The molecule has 0 unspecified atom stereocenters. The highest BCUT2D eigenvalue weighted by atomic mass is 35.5. The molecule has 3 nitrogen and oxygen atoms in total. The van der Waals surface area contributed by atoms with Crippen LogP contribution in [0.5, 0.6) is 0 Å². The van der Waals surface area contributed by atoms with E-state index < -0.39 is 5.82 Å². The van der Waals surface area contributed by atoms with Gasteiger partial charge in [-0.25, -0.2) is 9.37 Å². The summed E-state index contributed by atoms with van der Waals surface area (Å²) < 4.78 is 13.0. The second kappa shape index (κ2) is 4.47. The summed E-state index contributed by atoms with van der Waals surface area (Å²) in [6, 6.07) is 5.96. The highest BCUT2D eigenvalue weighted by Gasteiger charge is 2.04. The molecule has 2 rings (SSSR count). The largest absolute Gasteiger partial charge is 0.331 e. The van der Waals surface area contributed by atoms with E-state index >= 15 is 0 Å². The molecule has 0 aliphatic rings. The van der Waals surface area contributed by atoms with Crippen molar-refractivity contribution in [2.45, 2.75) is 0 Å². The Kier molecular flexibility index (Phi) is 3.04. The van der Waals surface area contributed by atoms with Crippen molar-refractivity contribution in [1.29, 1.82) is 5.26 Å². The van der Waals surface area contributed by atoms with Crippen LogP contribution in [0.1, 0.15) is 5.56 Å². The van der Waals surface area contributed by atoms with Gasteiger partial charge in [0.15, 0.2) is 5.13 Å². The van der Waals surface area contributed by atoms with Crippen LogP contribution in [0.25, 0.3) is 0 Å². The van der Waals surface area contributed by atoms with Crippen LogP contribution in [0.2, 0.25) is 5.15 Å². The molecule has 16 heavy (non-hydrogen) atoms. The minimum atomic E-state index is -0.537. The quantitative estimate of drug-likeness (QED) is 0.890. The van der Waals surface area contributed by atoms with Gasteiger partial charge in [0.2, 0.25) is 0 Å². The Morgan fingerprint density at radius 2 is 2.31 bits per heavy atom. The summed E-state index contributed by atoms with van der Waals surface area (Å²) in [5.41, 5.74) is 0.594. The highest BCUT2D eigenvalue weighted by Crippen LogP contribution is 2.24. The van der Waals surface area contributed by atoms with Crippen molar-refractivity contribution in [3.8, 4) is 6.07 Å². The van der Waals surface area contributed by atoms with Gasteiger partial charge in [0, 0.05) is 11.1 Å². The first-order chi connectivity index (χ1) is 7.69. The molecule has 0 spiro atoms. The van der Waals surface area contributed by atoms with E-state index in [0.717, 1.165) is 0 Å². The Balaban J connectivity index is 2.26. The molecule has 0 bridgehead atoms. The molecule has 80 valence electrons. The van der Waals surface area contributed by atoms with Gasteiger partial charge in [-0.3, -0.25) is 0 Å². The maximum absolute atomic E-state index is 13.0. The van der Waals surface area contributed by atoms with Crippen molar-refractivity contribution in [3.63, 3.8) is 0 Å².